The second-order valence-corrected chi connectivity index (χ2v) is 7.97. The normalized spacial score (nSPS) is 19.5. The lowest BCUT2D eigenvalue weighted by atomic mass is 10.0. The van der Waals surface area contributed by atoms with Gasteiger partial charge in [0.25, 0.3) is 5.78 Å². The SMILES string of the molecule is CC(C)c1cc(C(=O)C(F)(F)F)c(-c2ccc(F)cc2)n1CC[C@@H]1C[C@@H](O)CC(=O)O1. The lowest BCUT2D eigenvalue weighted by Crippen LogP contribution is -2.33. The molecule has 0 aliphatic carbocycles. The molecule has 1 aromatic heterocycles. The number of rotatable bonds is 6. The predicted molar refractivity (Wildman–Crippen MR) is 104 cm³/mol. The Morgan fingerprint density at radius 1 is 1.26 bits per heavy atom. The van der Waals surface area contributed by atoms with Crippen molar-refractivity contribution in [1.29, 1.82) is 0 Å². The zero-order valence-corrected chi connectivity index (χ0v) is 17.1. The van der Waals surface area contributed by atoms with Crippen LogP contribution < -0.4 is 0 Å². The lowest BCUT2D eigenvalue weighted by Gasteiger charge is -2.27. The van der Waals surface area contributed by atoms with Crippen molar-refractivity contribution in [3.63, 3.8) is 0 Å². The summed E-state index contributed by atoms with van der Waals surface area (Å²) in [5, 5.41) is 9.80. The molecule has 9 heteroatoms. The first kappa shape index (κ1) is 23.0. The second kappa shape index (κ2) is 8.82. The third-order valence-corrected chi connectivity index (χ3v) is 5.25. The number of hydrogen-bond donors (Lipinski definition) is 1. The molecular formula is C22H23F4NO4. The number of nitrogens with zero attached hydrogens (tertiary/aromatic N) is 1. The maximum atomic E-state index is 13.4. The molecule has 3 rings (SSSR count). The number of carbonyl (C=O) groups excluding carboxylic acids is 2. The molecule has 0 unspecified atom stereocenters. The highest BCUT2D eigenvalue weighted by Gasteiger charge is 2.42. The molecule has 1 aliphatic rings. The van der Waals surface area contributed by atoms with E-state index < -0.39 is 41.5 Å². The fourth-order valence-electron chi connectivity index (χ4n) is 3.84. The number of hydrogen-bond acceptors (Lipinski definition) is 4. The Morgan fingerprint density at radius 3 is 2.45 bits per heavy atom. The zero-order valence-electron chi connectivity index (χ0n) is 17.1. The number of aliphatic hydroxyl groups is 1. The summed E-state index contributed by atoms with van der Waals surface area (Å²) in [5.41, 5.74) is 0.286. The van der Waals surface area contributed by atoms with E-state index in [1.165, 1.54) is 18.2 Å². The monoisotopic (exact) mass is 441 g/mol. The molecule has 2 atom stereocenters. The Morgan fingerprint density at radius 2 is 1.90 bits per heavy atom. The molecule has 31 heavy (non-hydrogen) atoms. The van der Waals surface area contributed by atoms with Crippen LogP contribution in [0.2, 0.25) is 0 Å². The predicted octanol–water partition coefficient (Wildman–Crippen LogP) is 4.62. The molecular weight excluding hydrogens is 418 g/mol. The average Bonchev–Trinajstić information content (AvgIpc) is 3.04. The summed E-state index contributed by atoms with van der Waals surface area (Å²) in [6.07, 6.45) is -6.13. The number of cyclic esters (lactones) is 1. The molecule has 0 saturated carbocycles. The molecule has 0 bridgehead atoms. The topological polar surface area (TPSA) is 68.5 Å². The molecule has 0 amide bonds. The van der Waals surface area contributed by atoms with Crippen LogP contribution in [0.15, 0.2) is 30.3 Å². The molecule has 2 aromatic rings. The Balaban J connectivity index is 2.06. The van der Waals surface area contributed by atoms with Gasteiger partial charge in [-0.3, -0.25) is 9.59 Å². The van der Waals surface area contributed by atoms with Crippen LogP contribution in [0.1, 0.15) is 55.1 Å². The number of Topliss-reactive ketones (excluding diaryl/α,β-unsaturated/α-hetero) is 1. The van der Waals surface area contributed by atoms with Crippen LogP contribution >= 0.6 is 0 Å². The molecule has 5 nitrogen and oxygen atoms in total. The first-order chi connectivity index (χ1) is 14.5. The standard InChI is InChI=1S/C22H23F4NO4/c1-12(2)18-11-17(21(30)22(24,25)26)20(13-3-5-14(23)6-4-13)27(18)8-7-16-9-15(28)10-19(29)31-16/h3-6,11-12,15-16,28H,7-10H2,1-2H3/t15-,16-/m1/s1. The molecule has 0 spiro atoms. The van der Waals surface area contributed by atoms with Crippen molar-refractivity contribution in [2.24, 2.45) is 0 Å². The van der Waals surface area contributed by atoms with Gasteiger partial charge in [-0.05, 0) is 41.8 Å². The van der Waals surface area contributed by atoms with Gasteiger partial charge in [0, 0.05) is 25.1 Å². The summed E-state index contributed by atoms with van der Waals surface area (Å²) in [6.45, 7) is 3.72. The van der Waals surface area contributed by atoms with E-state index in [0.29, 0.717) is 5.69 Å². The van der Waals surface area contributed by atoms with Crippen molar-refractivity contribution in [2.45, 2.75) is 64.0 Å². The molecule has 1 fully saturated rings. The van der Waals surface area contributed by atoms with Crippen LogP contribution in [0.25, 0.3) is 11.3 Å². The van der Waals surface area contributed by atoms with E-state index in [9.17, 15) is 32.3 Å². The molecule has 1 saturated heterocycles. The van der Waals surface area contributed by atoms with Crippen LogP contribution in [-0.4, -0.2) is 39.8 Å². The van der Waals surface area contributed by atoms with E-state index in [1.54, 1.807) is 18.4 Å². The fourth-order valence-corrected chi connectivity index (χ4v) is 3.84. The molecule has 1 N–H and O–H groups in total. The van der Waals surface area contributed by atoms with Gasteiger partial charge in [0.05, 0.1) is 23.8 Å². The van der Waals surface area contributed by atoms with Crippen molar-refractivity contribution in [3.8, 4) is 11.3 Å². The van der Waals surface area contributed by atoms with Gasteiger partial charge < -0.3 is 14.4 Å². The van der Waals surface area contributed by atoms with Gasteiger partial charge >= 0.3 is 12.1 Å². The first-order valence-electron chi connectivity index (χ1n) is 9.95. The number of esters is 1. The maximum Gasteiger partial charge on any atom is 0.454 e. The van der Waals surface area contributed by atoms with Crippen LogP contribution in [0.5, 0.6) is 0 Å². The van der Waals surface area contributed by atoms with Crippen molar-refractivity contribution >= 4 is 11.8 Å². The number of alkyl halides is 3. The number of carbonyl (C=O) groups is 2. The Labute approximate surface area is 176 Å². The lowest BCUT2D eigenvalue weighted by molar-refractivity contribution is -0.160. The summed E-state index contributed by atoms with van der Waals surface area (Å²) < 4.78 is 60.1. The van der Waals surface area contributed by atoms with Crippen LogP contribution in [-0.2, 0) is 16.1 Å². The number of aromatic nitrogens is 1. The van der Waals surface area contributed by atoms with E-state index in [0.717, 1.165) is 12.1 Å². The number of ketones is 1. The quantitative estimate of drug-likeness (QED) is 0.404. The van der Waals surface area contributed by atoms with Gasteiger partial charge in [0.2, 0.25) is 0 Å². The van der Waals surface area contributed by atoms with E-state index in [1.807, 2.05) is 0 Å². The van der Waals surface area contributed by atoms with Gasteiger partial charge in [-0.1, -0.05) is 13.8 Å². The third kappa shape index (κ3) is 5.15. The van der Waals surface area contributed by atoms with Crippen molar-refractivity contribution in [1.82, 2.24) is 4.57 Å². The minimum atomic E-state index is -5.07. The molecule has 168 valence electrons. The minimum absolute atomic E-state index is 0.0358. The van der Waals surface area contributed by atoms with Gasteiger partial charge in [-0.25, -0.2) is 4.39 Å². The average molecular weight is 441 g/mol. The fraction of sp³-hybridized carbons (Fsp3) is 0.455. The largest absolute Gasteiger partial charge is 0.462 e. The van der Waals surface area contributed by atoms with Gasteiger partial charge in [-0.15, -0.1) is 0 Å². The maximum absolute atomic E-state index is 13.4. The highest BCUT2D eigenvalue weighted by molar-refractivity contribution is 6.05. The molecule has 1 aliphatic heterocycles. The van der Waals surface area contributed by atoms with Crippen molar-refractivity contribution in [2.75, 3.05) is 0 Å². The van der Waals surface area contributed by atoms with Crippen LogP contribution in [0, 0.1) is 5.82 Å². The van der Waals surface area contributed by atoms with Crippen LogP contribution in [0.3, 0.4) is 0 Å². The third-order valence-electron chi connectivity index (χ3n) is 5.25. The van der Waals surface area contributed by atoms with Gasteiger partial charge in [-0.2, -0.15) is 13.2 Å². The Bertz CT molecular complexity index is 963. The summed E-state index contributed by atoms with van der Waals surface area (Å²) in [6, 6.07) is 6.10. The Hall–Kier alpha value is -2.68. The van der Waals surface area contributed by atoms with Crippen molar-refractivity contribution < 1.29 is 37.0 Å². The second-order valence-electron chi connectivity index (χ2n) is 7.97. The number of benzene rings is 1. The summed E-state index contributed by atoms with van der Waals surface area (Å²) in [7, 11) is 0. The van der Waals surface area contributed by atoms with E-state index in [-0.39, 0.29) is 43.0 Å². The van der Waals surface area contributed by atoms with E-state index >= 15 is 0 Å². The number of ether oxygens (including phenoxy) is 1. The van der Waals surface area contributed by atoms with E-state index in [2.05, 4.69) is 0 Å². The number of aliphatic hydroxyl groups excluding tert-OH is 1. The Kier molecular flexibility index (Phi) is 6.54. The highest BCUT2D eigenvalue weighted by atomic mass is 19.4. The van der Waals surface area contributed by atoms with Crippen LogP contribution in [0.4, 0.5) is 17.6 Å². The molecule has 0 radical (unpaired) electrons. The highest BCUT2D eigenvalue weighted by Crippen LogP contribution is 2.36. The van der Waals surface area contributed by atoms with E-state index in [4.69, 9.17) is 4.74 Å². The van der Waals surface area contributed by atoms with Gasteiger partial charge in [0.15, 0.2) is 0 Å². The first-order valence-corrected chi connectivity index (χ1v) is 9.95. The summed E-state index contributed by atoms with van der Waals surface area (Å²) in [5.74, 6) is -3.29. The minimum Gasteiger partial charge on any atom is -0.462 e. The molecule has 2 heterocycles. The summed E-state index contributed by atoms with van der Waals surface area (Å²) >= 11 is 0. The number of halogens is 4. The smallest absolute Gasteiger partial charge is 0.454 e. The van der Waals surface area contributed by atoms with Crippen molar-refractivity contribution in [3.05, 3.63) is 47.4 Å². The summed E-state index contributed by atoms with van der Waals surface area (Å²) in [4.78, 5) is 23.8. The zero-order chi connectivity index (χ0) is 22.9. The van der Waals surface area contributed by atoms with Gasteiger partial charge in [0.1, 0.15) is 11.9 Å². The molecule has 1 aromatic carbocycles.